The van der Waals surface area contributed by atoms with E-state index in [1.165, 1.54) is 39.0 Å². The molecular formula is C24H31IN8O. The van der Waals surface area contributed by atoms with Crippen molar-refractivity contribution in [3.63, 3.8) is 0 Å². The fraction of sp³-hybridized carbons (Fsp3) is 0.458. The third-order valence-electron chi connectivity index (χ3n) is 6.77. The average molecular weight is 574 g/mol. The molecule has 34 heavy (non-hydrogen) atoms. The highest BCUT2D eigenvalue weighted by atomic mass is 127. The number of piperidine rings is 1. The summed E-state index contributed by atoms with van der Waals surface area (Å²) in [6.45, 7) is 6.83. The van der Waals surface area contributed by atoms with Crippen LogP contribution in [0.4, 0.5) is 17.3 Å². The van der Waals surface area contributed by atoms with E-state index in [1.807, 2.05) is 16.8 Å². The number of imidazole rings is 1. The maximum atomic E-state index is 5.78. The lowest BCUT2D eigenvalue weighted by Crippen LogP contribution is -2.52. The van der Waals surface area contributed by atoms with Gasteiger partial charge < -0.3 is 19.9 Å². The van der Waals surface area contributed by atoms with E-state index in [9.17, 15) is 0 Å². The number of likely N-dealkylation sites (N-methyl/N-ethyl adjacent to an activating group) is 1. The Morgan fingerprint density at radius 2 is 1.88 bits per heavy atom. The first kappa shape index (κ1) is 23.3. The van der Waals surface area contributed by atoms with Crippen LogP contribution in [0.1, 0.15) is 12.8 Å². The van der Waals surface area contributed by atoms with Crippen LogP contribution in [0, 0.1) is 3.57 Å². The Bertz CT molecular complexity index is 1090. The second kappa shape index (κ2) is 10.4. The van der Waals surface area contributed by atoms with E-state index in [0.29, 0.717) is 12.0 Å². The van der Waals surface area contributed by atoms with Crippen LogP contribution in [0.2, 0.25) is 0 Å². The number of benzene rings is 1. The van der Waals surface area contributed by atoms with E-state index in [-0.39, 0.29) is 0 Å². The molecule has 9 nitrogen and oxygen atoms in total. The minimum absolute atomic E-state index is 0.534. The maximum Gasteiger partial charge on any atom is 0.229 e. The predicted octanol–water partition coefficient (Wildman–Crippen LogP) is 3.24. The first-order valence-corrected chi connectivity index (χ1v) is 12.8. The van der Waals surface area contributed by atoms with Gasteiger partial charge in [-0.3, -0.25) is 9.47 Å². The molecule has 3 aromatic rings. The smallest absolute Gasteiger partial charge is 0.229 e. The monoisotopic (exact) mass is 574 g/mol. The molecule has 180 valence electrons. The van der Waals surface area contributed by atoms with Gasteiger partial charge in [0.1, 0.15) is 12.1 Å². The molecule has 2 saturated heterocycles. The molecule has 2 aromatic heterocycles. The molecule has 0 unspecified atom stereocenters. The molecule has 0 bridgehead atoms. The number of methoxy groups -OCH3 is 1. The summed E-state index contributed by atoms with van der Waals surface area (Å²) in [4.78, 5) is 20.8. The van der Waals surface area contributed by atoms with Gasteiger partial charge in [0.2, 0.25) is 5.95 Å². The Morgan fingerprint density at radius 1 is 1.09 bits per heavy atom. The topological polar surface area (TPSA) is 74.6 Å². The van der Waals surface area contributed by atoms with Gasteiger partial charge in [-0.05, 0) is 54.6 Å². The van der Waals surface area contributed by atoms with E-state index >= 15 is 0 Å². The molecule has 2 aliphatic heterocycles. The van der Waals surface area contributed by atoms with Gasteiger partial charge in [0.25, 0.3) is 0 Å². The number of halogens is 1. The van der Waals surface area contributed by atoms with E-state index in [2.05, 4.69) is 76.7 Å². The molecule has 1 aromatic carbocycles. The molecule has 0 saturated carbocycles. The lowest BCUT2D eigenvalue weighted by Gasteiger charge is -2.42. The van der Waals surface area contributed by atoms with Gasteiger partial charge in [-0.1, -0.05) is 0 Å². The third-order valence-corrected chi connectivity index (χ3v) is 7.53. The van der Waals surface area contributed by atoms with Gasteiger partial charge >= 0.3 is 0 Å². The fourth-order valence-corrected chi connectivity index (χ4v) is 5.33. The average Bonchev–Trinajstić information content (AvgIpc) is 3.41. The quantitative estimate of drug-likeness (QED) is 0.450. The van der Waals surface area contributed by atoms with E-state index in [0.717, 1.165) is 39.6 Å². The summed E-state index contributed by atoms with van der Waals surface area (Å²) in [5.41, 5.74) is 2.04. The van der Waals surface area contributed by atoms with Gasteiger partial charge in [0.15, 0.2) is 5.82 Å². The fourth-order valence-electron chi connectivity index (χ4n) is 4.79. The SMILES string of the molecule is COc1cc(Nc2ncc(I)c(-n3ccnc3)n2)ccc1N1CCC(N2CCN(C)CC2)CC1. The minimum Gasteiger partial charge on any atom is -0.495 e. The number of anilines is 3. The normalized spacial score (nSPS) is 18.3. The van der Waals surface area contributed by atoms with Crippen molar-refractivity contribution in [1.82, 2.24) is 29.3 Å². The first-order chi connectivity index (χ1) is 16.6. The van der Waals surface area contributed by atoms with Crippen LogP contribution in [-0.2, 0) is 0 Å². The molecule has 0 amide bonds. The minimum atomic E-state index is 0.534. The van der Waals surface area contributed by atoms with Gasteiger partial charge in [0, 0.05) is 75.7 Å². The Hall–Kier alpha value is -2.44. The summed E-state index contributed by atoms with van der Waals surface area (Å²) in [6, 6.07) is 6.93. The zero-order valence-electron chi connectivity index (χ0n) is 19.7. The molecule has 5 rings (SSSR count). The predicted molar refractivity (Wildman–Crippen MR) is 142 cm³/mol. The number of nitrogens with zero attached hydrogens (tertiary/aromatic N) is 7. The Balaban J connectivity index is 1.26. The highest BCUT2D eigenvalue weighted by Crippen LogP contribution is 2.34. The van der Waals surface area contributed by atoms with Crippen LogP contribution in [0.25, 0.3) is 5.82 Å². The summed E-state index contributed by atoms with van der Waals surface area (Å²) in [6.07, 6.45) is 9.54. The lowest BCUT2D eigenvalue weighted by molar-refractivity contribution is 0.0981. The van der Waals surface area contributed by atoms with Gasteiger partial charge in [-0.2, -0.15) is 4.98 Å². The second-order valence-corrected chi connectivity index (χ2v) is 10.1. The summed E-state index contributed by atoms with van der Waals surface area (Å²) < 4.78 is 8.61. The van der Waals surface area contributed by atoms with Gasteiger partial charge in [-0.15, -0.1) is 0 Å². The first-order valence-electron chi connectivity index (χ1n) is 11.7. The molecule has 2 fully saturated rings. The molecule has 1 N–H and O–H groups in total. The van der Waals surface area contributed by atoms with Crippen LogP contribution in [0.3, 0.4) is 0 Å². The molecule has 0 spiro atoms. The number of ether oxygens (including phenoxy) is 1. The Morgan fingerprint density at radius 3 is 2.59 bits per heavy atom. The maximum absolute atomic E-state index is 5.78. The molecule has 2 aliphatic rings. The largest absolute Gasteiger partial charge is 0.495 e. The molecule has 0 radical (unpaired) electrons. The number of nitrogens with one attached hydrogen (secondary N) is 1. The van der Waals surface area contributed by atoms with E-state index in [4.69, 9.17) is 4.74 Å². The van der Waals surface area contributed by atoms with Gasteiger partial charge in [-0.25, -0.2) is 9.97 Å². The van der Waals surface area contributed by atoms with Crippen molar-refractivity contribution in [3.05, 3.63) is 46.7 Å². The highest BCUT2D eigenvalue weighted by Gasteiger charge is 2.27. The number of rotatable bonds is 6. The van der Waals surface area contributed by atoms with Crippen molar-refractivity contribution in [1.29, 1.82) is 0 Å². The summed E-state index contributed by atoms with van der Waals surface area (Å²) in [5.74, 6) is 2.19. The van der Waals surface area contributed by atoms with E-state index in [1.54, 1.807) is 25.8 Å². The summed E-state index contributed by atoms with van der Waals surface area (Å²) >= 11 is 2.23. The standard InChI is InChI=1S/C24H31IN8O/c1-30-11-13-31(14-12-30)19-5-8-32(9-6-19)21-4-3-18(15-22(21)34-2)28-24-27-16-20(25)23(29-24)33-10-7-26-17-33/h3-4,7,10,15-17,19H,5-6,8-9,11-14H2,1-2H3,(H,27,28,29). The van der Waals surface area contributed by atoms with Crippen LogP contribution in [0.5, 0.6) is 5.75 Å². The van der Waals surface area contributed by atoms with E-state index < -0.39 is 0 Å². The molecule has 0 aliphatic carbocycles. The summed E-state index contributed by atoms with van der Waals surface area (Å²) in [5, 5.41) is 3.32. The zero-order valence-corrected chi connectivity index (χ0v) is 21.8. The van der Waals surface area contributed by atoms with Crippen molar-refractivity contribution < 1.29 is 4.74 Å². The molecule has 0 atom stereocenters. The molecule has 4 heterocycles. The number of aromatic nitrogens is 4. The van der Waals surface area contributed by atoms with Crippen molar-refractivity contribution >= 4 is 39.9 Å². The number of piperazine rings is 1. The van der Waals surface area contributed by atoms with Crippen LogP contribution in [0.15, 0.2) is 43.1 Å². The molecule has 10 heteroatoms. The Labute approximate surface area is 214 Å². The van der Waals surface area contributed by atoms with Crippen LogP contribution in [-0.4, -0.2) is 88.8 Å². The Kier molecular flexibility index (Phi) is 7.16. The number of hydrogen-bond acceptors (Lipinski definition) is 8. The lowest BCUT2D eigenvalue weighted by atomic mass is 10.0. The van der Waals surface area contributed by atoms with Crippen molar-refractivity contribution in [2.75, 3.05) is 63.6 Å². The summed E-state index contributed by atoms with van der Waals surface area (Å²) in [7, 11) is 3.95. The van der Waals surface area contributed by atoms with Crippen molar-refractivity contribution in [3.8, 4) is 11.6 Å². The number of hydrogen-bond donors (Lipinski definition) is 1. The van der Waals surface area contributed by atoms with Gasteiger partial charge in [0.05, 0.1) is 16.4 Å². The zero-order chi connectivity index (χ0) is 23.5. The van der Waals surface area contributed by atoms with Crippen LogP contribution >= 0.6 is 22.6 Å². The van der Waals surface area contributed by atoms with Crippen molar-refractivity contribution in [2.45, 2.75) is 18.9 Å². The second-order valence-electron chi connectivity index (χ2n) is 8.90. The van der Waals surface area contributed by atoms with Crippen LogP contribution < -0.4 is 15.0 Å². The van der Waals surface area contributed by atoms with Crippen molar-refractivity contribution in [2.24, 2.45) is 0 Å². The highest BCUT2D eigenvalue weighted by molar-refractivity contribution is 14.1. The third kappa shape index (κ3) is 5.13. The molecular weight excluding hydrogens is 543 g/mol.